The second kappa shape index (κ2) is 6.23. The van der Waals surface area contributed by atoms with Crippen molar-refractivity contribution in [1.82, 2.24) is 9.97 Å². The standard InChI is InChI=1S/C17H17F2N3/c18-11-9-13-12(5-1-3-7-20)17(15-6-2-4-8-21-15)22-16(13)14(19)10-11/h2,4,6,8-10,22H,1,3,5,7,20H2. The molecule has 1 aromatic carbocycles. The number of pyridine rings is 1. The lowest BCUT2D eigenvalue weighted by molar-refractivity contribution is 0.591. The molecule has 3 nitrogen and oxygen atoms in total. The molecule has 5 heteroatoms. The highest BCUT2D eigenvalue weighted by atomic mass is 19.1. The zero-order valence-corrected chi connectivity index (χ0v) is 12.1. The summed E-state index contributed by atoms with van der Waals surface area (Å²) in [4.78, 5) is 7.38. The summed E-state index contributed by atoms with van der Waals surface area (Å²) in [6.45, 7) is 0.601. The summed E-state index contributed by atoms with van der Waals surface area (Å²) in [5, 5.41) is 0.579. The molecule has 0 fully saturated rings. The summed E-state index contributed by atoms with van der Waals surface area (Å²) >= 11 is 0. The van der Waals surface area contributed by atoms with E-state index in [1.807, 2.05) is 18.2 Å². The molecule has 0 radical (unpaired) electrons. The highest BCUT2D eigenvalue weighted by Crippen LogP contribution is 2.32. The number of nitrogens with two attached hydrogens (primary N) is 1. The average molecular weight is 301 g/mol. The molecule has 2 aromatic heterocycles. The Morgan fingerprint density at radius 3 is 2.73 bits per heavy atom. The highest BCUT2D eigenvalue weighted by molar-refractivity contribution is 5.90. The van der Waals surface area contributed by atoms with Crippen LogP contribution < -0.4 is 5.73 Å². The third-order valence-corrected chi connectivity index (χ3v) is 3.73. The molecule has 22 heavy (non-hydrogen) atoms. The van der Waals surface area contributed by atoms with Crippen LogP contribution in [0.2, 0.25) is 0 Å². The Labute approximate surface area is 127 Å². The van der Waals surface area contributed by atoms with Crippen molar-refractivity contribution in [3.8, 4) is 11.4 Å². The maximum Gasteiger partial charge on any atom is 0.150 e. The van der Waals surface area contributed by atoms with Gasteiger partial charge in [-0.3, -0.25) is 4.98 Å². The molecular weight excluding hydrogens is 284 g/mol. The molecule has 114 valence electrons. The van der Waals surface area contributed by atoms with Crippen molar-refractivity contribution in [1.29, 1.82) is 0 Å². The van der Waals surface area contributed by atoms with Gasteiger partial charge >= 0.3 is 0 Å². The lowest BCUT2D eigenvalue weighted by Crippen LogP contribution is -1.99. The van der Waals surface area contributed by atoms with E-state index in [9.17, 15) is 8.78 Å². The molecule has 2 heterocycles. The highest BCUT2D eigenvalue weighted by Gasteiger charge is 2.17. The van der Waals surface area contributed by atoms with E-state index in [4.69, 9.17) is 5.73 Å². The van der Waals surface area contributed by atoms with Crippen molar-refractivity contribution in [3.63, 3.8) is 0 Å². The minimum atomic E-state index is -0.586. The van der Waals surface area contributed by atoms with Crippen LogP contribution in [0.5, 0.6) is 0 Å². The van der Waals surface area contributed by atoms with E-state index in [1.54, 1.807) is 6.20 Å². The van der Waals surface area contributed by atoms with Gasteiger partial charge in [0.25, 0.3) is 0 Å². The topological polar surface area (TPSA) is 54.7 Å². The fraction of sp³-hybridized carbons (Fsp3) is 0.235. The summed E-state index contributed by atoms with van der Waals surface area (Å²) in [5.41, 5.74) is 8.22. The lowest BCUT2D eigenvalue weighted by Gasteiger charge is -2.04. The van der Waals surface area contributed by atoms with Crippen molar-refractivity contribution in [2.45, 2.75) is 19.3 Å². The predicted molar refractivity (Wildman–Crippen MR) is 83.4 cm³/mol. The van der Waals surface area contributed by atoms with Gasteiger partial charge in [0.05, 0.1) is 16.9 Å². The van der Waals surface area contributed by atoms with Gasteiger partial charge in [-0.25, -0.2) is 8.78 Å². The van der Waals surface area contributed by atoms with Gasteiger partial charge < -0.3 is 10.7 Å². The first-order chi connectivity index (χ1) is 10.7. The number of hydrogen-bond acceptors (Lipinski definition) is 2. The number of aromatic amines is 1. The van der Waals surface area contributed by atoms with Gasteiger partial charge in [-0.05, 0) is 49.6 Å². The van der Waals surface area contributed by atoms with E-state index in [0.717, 1.165) is 35.9 Å². The van der Waals surface area contributed by atoms with Crippen molar-refractivity contribution < 1.29 is 8.78 Å². The number of nitrogens with one attached hydrogen (secondary N) is 1. The molecule has 3 aromatic rings. The van der Waals surface area contributed by atoms with Crippen molar-refractivity contribution in [2.24, 2.45) is 5.73 Å². The molecule has 0 unspecified atom stereocenters. The fourth-order valence-corrected chi connectivity index (χ4v) is 2.71. The molecular formula is C17H17F2N3. The molecule has 0 saturated carbocycles. The first-order valence-electron chi connectivity index (χ1n) is 7.31. The molecule has 3 N–H and O–H groups in total. The van der Waals surface area contributed by atoms with E-state index < -0.39 is 11.6 Å². The average Bonchev–Trinajstić information content (AvgIpc) is 2.88. The molecule has 0 aliphatic carbocycles. The Balaban J connectivity index is 2.17. The third-order valence-electron chi connectivity index (χ3n) is 3.73. The molecule has 3 rings (SSSR count). The van der Waals surface area contributed by atoms with E-state index in [-0.39, 0.29) is 0 Å². The maximum atomic E-state index is 14.0. The Morgan fingerprint density at radius 2 is 2.00 bits per heavy atom. The van der Waals surface area contributed by atoms with Crippen molar-refractivity contribution in [3.05, 3.63) is 53.7 Å². The number of benzene rings is 1. The van der Waals surface area contributed by atoms with E-state index in [2.05, 4.69) is 9.97 Å². The number of hydrogen-bond donors (Lipinski definition) is 2. The largest absolute Gasteiger partial charge is 0.351 e. The zero-order valence-electron chi connectivity index (χ0n) is 12.1. The van der Waals surface area contributed by atoms with E-state index >= 15 is 0 Å². The van der Waals surface area contributed by atoms with Crippen LogP contribution in [0.4, 0.5) is 8.78 Å². The van der Waals surface area contributed by atoms with Crippen LogP contribution in [0, 0.1) is 11.6 Å². The summed E-state index contributed by atoms with van der Waals surface area (Å²) in [7, 11) is 0. The summed E-state index contributed by atoms with van der Waals surface area (Å²) in [5.74, 6) is -1.16. The van der Waals surface area contributed by atoms with Gasteiger partial charge in [0.15, 0.2) is 0 Å². The number of aryl methyl sites for hydroxylation is 1. The quantitative estimate of drug-likeness (QED) is 0.704. The number of fused-ring (bicyclic) bond motifs is 1. The number of unbranched alkanes of at least 4 members (excludes halogenated alkanes) is 1. The van der Waals surface area contributed by atoms with Crippen LogP contribution in [-0.4, -0.2) is 16.5 Å². The van der Waals surface area contributed by atoms with Gasteiger partial charge in [0, 0.05) is 17.6 Å². The SMILES string of the molecule is NCCCCc1c(-c2ccccn2)[nH]c2c(F)cc(F)cc12. The number of H-pyrrole nitrogens is 1. The smallest absolute Gasteiger partial charge is 0.150 e. The number of nitrogens with zero attached hydrogens (tertiary/aromatic N) is 1. The van der Waals surface area contributed by atoms with Crippen LogP contribution in [-0.2, 0) is 6.42 Å². The van der Waals surface area contributed by atoms with Gasteiger partial charge in [-0.15, -0.1) is 0 Å². The van der Waals surface area contributed by atoms with E-state index in [0.29, 0.717) is 23.9 Å². The summed E-state index contributed by atoms with van der Waals surface area (Å²) in [6.07, 6.45) is 4.11. The van der Waals surface area contributed by atoms with Crippen LogP contribution in [0.25, 0.3) is 22.3 Å². The van der Waals surface area contributed by atoms with Crippen LogP contribution in [0.3, 0.4) is 0 Å². The van der Waals surface area contributed by atoms with Gasteiger partial charge in [0.2, 0.25) is 0 Å². The van der Waals surface area contributed by atoms with Crippen LogP contribution >= 0.6 is 0 Å². The normalized spacial score (nSPS) is 11.2. The zero-order chi connectivity index (χ0) is 15.5. The monoisotopic (exact) mass is 301 g/mol. The minimum absolute atomic E-state index is 0.324. The van der Waals surface area contributed by atoms with Gasteiger partial charge in [-0.1, -0.05) is 6.07 Å². The Hall–Kier alpha value is -2.27. The molecule has 0 aliphatic heterocycles. The van der Waals surface area contributed by atoms with Gasteiger partial charge in [-0.2, -0.15) is 0 Å². The second-order valence-corrected chi connectivity index (χ2v) is 5.25. The fourth-order valence-electron chi connectivity index (χ4n) is 2.71. The first kappa shape index (κ1) is 14.7. The van der Waals surface area contributed by atoms with Crippen LogP contribution in [0.15, 0.2) is 36.5 Å². The van der Waals surface area contributed by atoms with Crippen molar-refractivity contribution >= 4 is 10.9 Å². The summed E-state index contributed by atoms with van der Waals surface area (Å²) < 4.78 is 27.6. The Bertz CT molecular complexity index is 781. The number of halogens is 2. The minimum Gasteiger partial charge on any atom is -0.351 e. The predicted octanol–water partition coefficient (Wildman–Crippen LogP) is 3.79. The Morgan fingerprint density at radius 1 is 1.14 bits per heavy atom. The molecule has 0 bridgehead atoms. The lowest BCUT2D eigenvalue weighted by atomic mass is 10.0. The number of aromatic nitrogens is 2. The molecule has 0 atom stereocenters. The Kier molecular flexibility index (Phi) is 4.15. The van der Waals surface area contributed by atoms with E-state index in [1.165, 1.54) is 6.07 Å². The number of rotatable bonds is 5. The first-order valence-corrected chi connectivity index (χ1v) is 7.31. The van der Waals surface area contributed by atoms with Crippen LogP contribution in [0.1, 0.15) is 18.4 Å². The maximum absolute atomic E-state index is 14.0. The molecule has 0 aliphatic rings. The third kappa shape index (κ3) is 2.72. The second-order valence-electron chi connectivity index (χ2n) is 5.25. The summed E-state index contributed by atoms with van der Waals surface area (Å²) in [6, 6.07) is 7.81. The van der Waals surface area contributed by atoms with Crippen molar-refractivity contribution in [2.75, 3.05) is 6.54 Å². The molecule has 0 saturated heterocycles. The molecule has 0 spiro atoms. The van der Waals surface area contributed by atoms with Gasteiger partial charge in [0.1, 0.15) is 11.6 Å². The molecule has 0 amide bonds.